The molecule has 0 aliphatic carbocycles. The van der Waals surface area contributed by atoms with Crippen LogP contribution in [0.3, 0.4) is 0 Å². The van der Waals surface area contributed by atoms with Gasteiger partial charge in [-0.15, -0.1) is 0 Å². The number of aryl methyl sites for hydroxylation is 1. The minimum atomic E-state index is -0.928. The van der Waals surface area contributed by atoms with Crippen LogP contribution in [0.25, 0.3) is 0 Å². The van der Waals surface area contributed by atoms with Gasteiger partial charge in [0.05, 0.1) is 0 Å². The number of hydrogen-bond donors (Lipinski definition) is 3. The van der Waals surface area contributed by atoms with E-state index in [9.17, 15) is 13.6 Å². The van der Waals surface area contributed by atoms with Crippen molar-refractivity contribution in [2.24, 2.45) is 5.84 Å². The average molecular weight is 277 g/mol. The van der Waals surface area contributed by atoms with Gasteiger partial charge in [-0.1, -0.05) is 18.2 Å². The lowest BCUT2D eigenvalue weighted by molar-refractivity contribution is 0.102. The van der Waals surface area contributed by atoms with Crippen molar-refractivity contribution in [1.29, 1.82) is 0 Å². The quantitative estimate of drug-likeness (QED) is 0.597. The third-order valence-electron chi connectivity index (χ3n) is 2.84. The Hall–Kier alpha value is -2.47. The van der Waals surface area contributed by atoms with Crippen molar-refractivity contribution in [1.82, 2.24) is 0 Å². The Kier molecular flexibility index (Phi) is 3.95. The molecule has 0 aliphatic heterocycles. The van der Waals surface area contributed by atoms with E-state index >= 15 is 0 Å². The number of carbonyl (C=O) groups is 1. The average Bonchev–Trinajstić information content (AvgIpc) is 2.41. The molecule has 0 aliphatic rings. The van der Waals surface area contributed by atoms with Crippen molar-refractivity contribution in [3.8, 4) is 0 Å². The van der Waals surface area contributed by atoms with Gasteiger partial charge < -0.3 is 10.7 Å². The molecule has 2 aromatic carbocycles. The van der Waals surface area contributed by atoms with Crippen LogP contribution in [-0.2, 0) is 0 Å². The van der Waals surface area contributed by atoms with E-state index in [1.807, 2.05) is 24.5 Å². The largest absolute Gasteiger partial charge is 0.322 e. The van der Waals surface area contributed by atoms with Gasteiger partial charge in [0.15, 0.2) is 11.6 Å². The van der Waals surface area contributed by atoms with Gasteiger partial charge in [-0.25, -0.2) is 8.78 Å². The highest BCUT2D eigenvalue weighted by molar-refractivity contribution is 6.04. The molecule has 4 nitrogen and oxygen atoms in total. The summed E-state index contributed by atoms with van der Waals surface area (Å²) in [7, 11) is 0. The highest BCUT2D eigenvalue weighted by Gasteiger charge is 2.15. The Balaban J connectivity index is 2.29. The minimum Gasteiger partial charge on any atom is -0.322 e. The molecule has 0 spiro atoms. The topological polar surface area (TPSA) is 67.2 Å². The van der Waals surface area contributed by atoms with Crippen LogP contribution in [0.1, 0.15) is 15.9 Å². The summed E-state index contributed by atoms with van der Waals surface area (Å²) in [5.41, 5.74) is 2.74. The first-order valence-corrected chi connectivity index (χ1v) is 5.85. The van der Waals surface area contributed by atoms with Crippen LogP contribution in [0.2, 0.25) is 0 Å². The first-order chi connectivity index (χ1) is 9.52. The molecule has 0 bridgehead atoms. The summed E-state index contributed by atoms with van der Waals surface area (Å²) >= 11 is 0. The predicted octanol–water partition coefficient (Wildman–Crippen LogP) is 2.81. The molecule has 20 heavy (non-hydrogen) atoms. The molecule has 1 amide bonds. The van der Waals surface area contributed by atoms with Gasteiger partial charge in [0, 0.05) is 11.3 Å². The lowest BCUT2D eigenvalue weighted by Gasteiger charge is -2.10. The lowest BCUT2D eigenvalue weighted by atomic mass is 10.1. The van der Waals surface area contributed by atoms with Gasteiger partial charge in [0.1, 0.15) is 5.69 Å². The number of nitrogens with one attached hydrogen (secondary N) is 2. The fraction of sp³-hybridized carbons (Fsp3) is 0.0714. The maximum atomic E-state index is 13.5. The lowest BCUT2D eigenvalue weighted by Crippen LogP contribution is -2.16. The monoisotopic (exact) mass is 277 g/mol. The molecule has 0 saturated carbocycles. The second kappa shape index (κ2) is 5.66. The second-order valence-electron chi connectivity index (χ2n) is 4.23. The van der Waals surface area contributed by atoms with Crippen LogP contribution in [0.4, 0.5) is 20.2 Å². The Bertz CT molecular complexity index is 636. The Morgan fingerprint density at radius 3 is 2.30 bits per heavy atom. The summed E-state index contributed by atoms with van der Waals surface area (Å²) in [5.74, 6) is 2.54. The number of nitrogens with two attached hydrogens (primary N) is 1. The molecule has 0 atom stereocenters. The molecule has 0 saturated heterocycles. The van der Waals surface area contributed by atoms with E-state index in [4.69, 9.17) is 5.84 Å². The fourth-order valence-electron chi connectivity index (χ4n) is 1.75. The van der Waals surface area contributed by atoms with Crippen molar-refractivity contribution in [2.75, 3.05) is 10.7 Å². The van der Waals surface area contributed by atoms with E-state index < -0.39 is 23.2 Å². The molecule has 2 rings (SSSR count). The van der Waals surface area contributed by atoms with Gasteiger partial charge in [-0.2, -0.15) is 0 Å². The summed E-state index contributed by atoms with van der Waals surface area (Å²) in [6.07, 6.45) is 0. The third kappa shape index (κ3) is 2.75. The first-order valence-electron chi connectivity index (χ1n) is 5.85. The van der Waals surface area contributed by atoms with Gasteiger partial charge in [0.2, 0.25) is 0 Å². The smallest absolute Gasteiger partial charge is 0.255 e. The number of hydrazine groups is 1. The van der Waals surface area contributed by atoms with Crippen molar-refractivity contribution < 1.29 is 13.6 Å². The number of anilines is 2. The van der Waals surface area contributed by atoms with Crippen LogP contribution >= 0.6 is 0 Å². The number of nitrogen functional groups attached to an aromatic ring is 1. The number of amides is 1. The molecular weight excluding hydrogens is 264 g/mol. The molecule has 4 N–H and O–H groups in total. The number of carbonyl (C=O) groups excluding carboxylic acids is 1. The summed E-state index contributed by atoms with van der Waals surface area (Å²) < 4.78 is 27.1. The molecule has 0 aromatic heterocycles. The molecule has 0 heterocycles. The summed E-state index contributed by atoms with van der Waals surface area (Å²) in [4.78, 5) is 12.0. The van der Waals surface area contributed by atoms with Crippen LogP contribution in [0, 0.1) is 18.6 Å². The standard InChI is InChI=1S/C14H13F2N3O/c1-8-4-2-3-5-12(8)18-14(20)9-6-10(15)13(19-17)11(16)7-9/h2-7,19H,17H2,1H3,(H,18,20). The zero-order valence-corrected chi connectivity index (χ0v) is 10.7. The molecule has 6 heteroatoms. The Morgan fingerprint density at radius 2 is 1.75 bits per heavy atom. The maximum Gasteiger partial charge on any atom is 0.255 e. The van der Waals surface area contributed by atoms with Crippen LogP contribution in [-0.4, -0.2) is 5.91 Å². The van der Waals surface area contributed by atoms with Crippen molar-refractivity contribution in [2.45, 2.75) is 6.92 Å². The molecule has 104 valence electrons. The number of halogens is 2. The number of hydrogen-bond acceptors (Lipinski definition) is 3. The molecule has 2 aromatic rings. The van der Waals surface area contributed by atoms with Crippen LogP contribution in [0.15, 0.2) is 36.4 Å². The van der Waals surface area contributed by atoms with E-state index in [-0.39, 0.29) is 5.56 Å². The van der Waals surface area contributed by atoms with Gasteiger partial charge >= 0.3 is 0 Å². The fourth-order valence-corrected chi connectivity index (χ4v) is 1.75. The van der Waals surface area contributed by atoms with Crippen LogP contribution in [0.5, 0.6) is 0 Å². The van der Waals surface area contributed by atoms with Crippen molar-refractivity contribution in [3.05, 3.63) is 59.2 Å². The number of para-hydroxylation sites is 1. The van der Waals surface area contributed by atoms with E-state index in [0.29, 0.717) is 5.69 Å². The van der Waals surface area contributed by atoms with E-state index in [1.54, 1.807) is 12.1 Å². The van der Waals surface area contributed by atoms with Crippen LogP contribution < -0.4 is 16.6 Å². The zero-order chi connectivity index (χ0) is 14.7. The highest BCUT2D eigenvalue weighted by atomic mass is 19.1. The predicted molar refractivity (Wildman–Crippen MR) is 73.3 cm³/mol. The molecule has 0 radical (unpaired) electrons. The maximum absolute atomic E-state index is 13.5. The number of benzene rings is 2. The third-order valence-corrected chi connectivity index (χ3v) is 2.84. The Morgan fingerprint density at radius 1 is 1.15 bits per heavy atom. The van der Waals surface area contributed by atoms with E-state index in [2.05, 4.69) is 5.32 Å². The van der Waals surface area contributed by atoms with E-state index in [0.717, 1.165) is 17.7 Å². The van der Waals surface area contributed by atoms with Crippen molar-refractivity contribution >= 4 is 17.3 Å². The van der Waals surface area contributed by atoms with E-state index in [1.165, 1.54) is 0 Å². The van der Waals surface area contributed by atoms with Gasteiger partial charge in [0.25, 0.3) is 5.91 Å². The minimum absolute atomic E-state index is 0.123. The zero-order valence-electron chi connectivity index (χ0n) is 10.7. The van der Waals surface area contributed by atoms with Gasteiger partial charge in [-0.3, -0.25) is 10.6 Å². The second-order valence-corrected chi connectivity index (χ2v) is 4.23. The summed E-state index contributed by atoms with van der Waals surface area (Å²) in [5, 5.41) is 2.59. The molecule has 0 unspecified atom stereocenters. The highest BCUT2D eigenvalue weighted by Crippen LogP contribution is 2.21. The number of rotatable bonds is 3. The molecular formula is C14H13F2N3O. The normalized spacial score (nSPS) is 10.2. The Labute approximate surface area is 114 Å². The molecule has 0 fully saturated rings. The van der Waals surface area contributed by atoms with Gasteiger partial charge in [-0.05, 0) is 30.7 Å². The summed E-state index contributed by atoms with van der Waals surface area (Å²) in [6.45, 7) is 1.82. The SMILES string of the molecule is Cc1ccccc1NC(=O)c1cc(F)c(NN)c(F)c1. The first kappa shape index (κ1) is 14.0. The summed E-state index contributed by atoms with van der Waals surface area (Å²) in [6, 6.07) is 8.95. The van der Waals surface area contributed by atoms with Crippen molar-refractivity contribution in [3.63, 3.8) is 0 Å².